The normalized spacial score (nSPS) is 26.5. The van der Waals surface area contributed by atoms with Crippen molar-refractivity contribution in [3.8, 4) is 5.75 Å². The molecule has 0 bridgehead atoms. The van der Waals surface area contributed by atoms with Crippen LogP contribution in [0.1, 0.15) is 28.4 Å². The Kier molecular flexibility index (Phi) is 5.63. The second-order valence-electron chi connectivity index (χ2n) is 7.07. The summed E-state index contributed by atoms with van der Waals surface area (Å²) in [6.45, 7) is 0.657. The molecule has 0 spiro atoms. The molecule has 1 amide bonds. The van der Waals surface area contributed by atoms with Crippen LogP contribution in [0.25, 0.3) is 0 Å². The van der Waals surface area contributed by atoms with Crippen LogP contribution in [-0.2, 0) is 0 Å². The SMILES string of the molecule is COc1cccc(F)c1C1CC2C(CN1)NNC2NC(=O)c1ccc(Br)cc1. The highest BCUT2D eigenvalue weighted by atomic mass is 79.9. The summed E-state index contributed by atoms with van der Waals surface area (Å²) in [7, 11) is 1.55. The van der Waals surface area contributed by atoms with Crippen molar-refractivity contribution in [2.24, 2.45) is 5.92 Å². The second-order valence-corrected chi connectivity index (χ2v) is 7.99. The number of rotatable bonds is 4. The van der Waals surface area contributed by atoms with E-state index in [0.29, 0.717) is 29.8 Å². The van der Waals surface area contributed by atoms with Gasteiger partial charge in [-0.2, -0.15) is 0 Å². The van der Waals surface area contributed by atoms with E-state index in [4.69, 9.17) is 4.74 Å². The maximum Gasteiger partial charge on any atom is 0.252 e. The van der Waals surface area contributed by atoms with E-state index in [9.17, 15) is 9.18 Å². The van der Waals surface area contributed by atoms with Crippen LogP contribution < -0.4 is 26.2 Å². The summed E-state index contributed by atoms with van der Waals surface area (Å²) in [6.07, 6.45) is 0.413. The Balaban J connectivity index is 1.50. The van der Waals surface area contributed by atoms with Crippen molar-refractivity contribution in [1.82, 2.24) is 21.5 Å². The molecule has 4 atom stereocenters. The summed E-state index contributed by atoms with van der Waals surface area (Å²) < 4.78 is 20.8. The molecular weight excluding hydrogens is 427 g/mol. The number of ether oxygens (including phenoxy) is 1. The standard InChI is InChI=1S/C20H22BrFN4O2/c1-28-17-4-2-3-14(22)18(17)15-9-13-16(10-23-15)25-26-19(13)24-20(27)11-5-7-12(21)8-6-11/h2-8,13,15-16,19,23,25-26H,9-10H2,1H3,(H,24,27). The van der Waals surface area contributed by atoms with Gasteiger partial charge in [0.05, 0.1) is 13.3 Å². The summed E-state index contributed by atoms with van der Waals surface area (Å²) in [4.78, 5) is 12.6. The van der Waals surface area contributed by atoms with Gasteiger partial charge in [-0.1, -0.05) is 22.0 Å². The van der Waals surface area contributed by atoms with Crippen LogP contribution in [0.3, 0.4) is 0 Å². The minimum absolute atomic E-state index is 0.106. The highest BCUT2D eigenvalue weighted by Crippen LogP contribution is 2.36. The van der Waals surface area contributed by atoms with Crippen LogP contribution in [-0.4, -0.2) is 31.8 Å². The number of piperidine rings is 1. The highest BCUT2D eigenvalue weighted by Gasteiger charge is 2.42. The molecule has 2 heterocycles. The van der Waals surface area contributed by atoms with Crippen LogP contribution in [0.2, 0.25) is 0 Å². The molecule has 2 saturated heterocycles. The minimum Gasteiger partial charge on any atom is -0.496 e. The van der Waals surface area contributed by atoms with E-state index < -0.39 is 0 Å². The molecule has 2 aromatic carbocycles. The number of halogens is 2. The summed E-state index contributed by atoms with van der Waals surface area (Å²) in [5, 5.41) is 6.44. The Morgan fingerprint density at radius 3 is 2.75 bits per heavy atom. The third-order valence-corrected chi connectivity index (χ3v) is 5.96. The van der Waals surface area contributed by atoms with Crippen molar-refractivity contribution in [3.05, 3.63) is 63.9 Å². The average Bonchev–Trinajstić information content (AvgIpc) is 3.10. The topological polar surface area (TPSA) is 74.4 Å². The number of amides is 1. The van der Waals surface area contributed by atoms with Crippen LogP contribution in [0, 0.1) is 11.7 Å². The highest BCUT2D eigenvalue weighted by molar-refractivity contribution is 9.10. The first-order valence-corrected chi connectivity index (χ1v) is 9.99. The van der Waals surface area contributed by atoms with Gasteiger partial charge >= 0.3 is 0 Å². The van der Waals surface area contributed by atoms with Gasteiger partial charge in [-0.15, -0.1) is 0 Å². The van der Waals surface area contributed by atoms with Gasteiger partial charge in [-0.05, 0) is 42.8 Å². The number of carbonyl (C=O) groups excluding carboxylic acids is 1. The molecule has 0 aliphatic carbocycles. The first-order chi connectivity index (χ1) is 13.6. The molecule has 8 heteroatoms. The molecule has 4 rings (SSSR count). The van der Waals surface area contributed by atoms with Gasteiger partial charge in [0.2, 0.25) is 0 Å². The molecule has 0 aromatic heterocycles. The minimum atomic E-state index is -0.287. The summed E-state index contributed by atoms with van der Waals surface area (Å²) >= 11 is 3.37. The first kappa shape index (κ1) is 19.3. The Bertz CT molecular complexity index is 864. The van der Waals surface area contributed by atoms with Crippen LogP contribution in [0.5, 0.6) is 5.75 Å². The molecule has 4 unspecified atom stereocenters. The van der Waals surface area contributed by atoms with Gasteiger partial charge in [0.15, 0.2) is 0 Å². The number of methoxy groups -OCH3 is 1. The van der Waals surface area contributed by atoms with Crippen molar-refractivity contribution in [2.45, 2.75) is 24.7 Å². The lowest BCUT2D eigenvalue weighted by molar-refractivity contribution is 0.0913. The third kappa shape index (κ3) is 3.77. The predicted octanol–water partition coefficient (Wildman–Crippen LogP) is 2.48. The Morgan fingerprint density at radius 2 is 2.00 bits per heavy atom. The fourth-order valence-corrected chi connectivity index (χ4v) is 4.26. The Morgan fingerprint density at radius 1 is 1.21 bits per heavy atom. The van der Waals surface area contributed by atoms with Crippen molar-refractivity contribution in [3.63, 3.8) is 0 Å². The van der Waals surface area contributed by atoms with Crippen LogP contribution in [0.15, 0.2) is 46.9 Å². The van der Waals surface area contributed by atoms with E-state index in [1.807, 2.05) is 12.1 Å². The molecule has 0 saturated carbocycles. The van der Waals surface area contributed by atoms with E-state index in [0.717, 1.165) is 4.47 Å². The summed E-state index contributed by atoms with van der Waals surface area (Å²) in [6, 6.07) is 12.0. The molecule has 28 heavy (non-hydrogen) atoms. The van der Waals surface area contributed by atoms with E-state index in [1.165, 1.54) is 6.07 Å². The van der Waals surface area contributed by atoms with Crippen molar-refractivity contribution in [1.29, 1.82) is 0 Å². The number of fused-ring (bicyclic) bond motifs is 1. The molecular formula is C20H22BrFN4O2. The maximum absolute atomic E-state index is 14.5. The molecule has 0 radical (unpaired) electrons. The number of nitrogens with one attached hydrogen (secondary N) is 4. The van der Waals surface area contributed by atoms with E-state index in [2.05, 4.69) is 37.4 Å². The average molecular weight is 449 g/mol. The lowest BCUT2D eigenvalue weighted by Crippen LogP contribution is -2.49. The molecule has 6 nitrogen and oxygen atoms in total. The number of hydrogen-bond donors (Lipinski definition) is 4. The van der Waals surface area contributed by atoms with Gasteiger partial charge in [-0.25, -0.2) is 9.82 Å². The number of benzene rings is 2. The molecule has 148 valence electrons. The lowest BCUT2D eigenvalue weighted by Gasteiger charge is -2.35. The molecule has 2 aliphatic heterocycles. The zero-order valence-corrected chi connectivity index (χ0v) is 16.9. The zero-order valence-electron chi connectivity index (χ0n) is 15.3. The predicted molar refractivity (Wildman–Crippen MR) is 107 cm³/mol. The quantitative estimate of drug-likeness (QED) is 0.578. The fraction of sp³-hybridized carbons (Fsp3) is 0.350. The van der Waals surface area contributed by atoms with E-state index in [-0.39, 0.29) is 35.9 Å². The molecule has 2 fully saturated rings. The van der Waals surface area contributed by atoms with Crippen LogP contribution in [0.4, 0.5) is 4.39 Å². The number of hydrogen-bond acceptors (Lipinski definition) is 5. The van der Waals surface area contributed by atoms with Gasteiger partial charge < -0.3 is 15.4 Å². The van der Waals surface area contributed by atoms with Gasteiger partial charge in [0.25, 0.3) is 5.91 Å². The number of carbonyl (C=O) groups is 1. The Labute approximate surface area is 171 Å². The van der Waals surface area contributed by atoms with Crippen molar-refractivity contribution in [2.75, 3.05) is 13.7 Å². The monoisotopic (exact) mass is 448 g/mol. The second kappa shape index (κ2) is 8.16. The smallest absolute Gasteiger partial charge is 0.252 e. The fourth-order valence-electron chi connectivity index (χ4n) is 3.99. The first-order valence-electron chi connectivity index (χ1n) is 9.20. The maximum atomic E-state index is 14.5. The zero-order chi connectivity index (χ0) is 19.7. The van der Waals surface area contributed by atoms with E-state index in [1.54, 1.807) is 31.4 Å². The molecule has 4 N–H and O–H groups in total. The van der Waals surface area contributed by atoms with Gasteiger partial charge in [-0.3, -0.25) is 10.2 Å². The van der Waals surface area contributed by atoms with Crippen molar-refractivity contribution >= 4 is 21.8 Å². The van der Waals surface area contributed by atoms with E-state index >= 15 is 0 Å². The lowest BCUT2D eigenvalue weighted by atomic mass is 9.84. The molecule has 2 aromatic rings. The van der Waals surface area contributed by atoms with Gasteiger partial charge in [0.1, 0.15) is 11.6 Å². The van der Waals surface area contributed by atoms with Gasteiger partial charge in [0, 0.05) is 40.1 Å². The molecule has 2 aliphatic rings. The number of hydrazine groups is 1. The summed E-state index contributed by atoms with van der Waals surface area (Å²) in [5.41, 5.74) is 7.53. The summed E-state index contributed by atoms with van der Waals surface area (Å²) in [5.74, 6) is 0.205. The Hall–Kier alpha value is -2.00. The van der Waals surface area contributed by atoms with Crippen LogP contribution >= 0.6 is 15.9 Å². The largest absolute Gasteiger partial charge is 0.496 e. The van der Waals surface area contributed by atoms with Crippen molar-refractivity contribution < 1.29 is 13.9 Å². The third-order valence-electron chi connectivity index (χ3n) is 5.44.